The molecule has 0 fully saturated rings. The van der Waals surface area contributed by atoms with E-state index in [1.807, 2.05) is 0 Å². The summed E-state index contributed by atoms with van der Waals surface area (Å²) in [6, 6.07) is 4.21. The summed E-state index contributed by atoms with van der Waals surface area (Å²) < 4.78 is 15.3. The van der Waals surface area contributed by atoms with Gasteiger partial charge in [0, 0.05) is 12.7 Å². The normalized spacial score (nSPS) is 11.4. The highest BCUT2D eigenvalue weighted by Gasteiger charge is 2.17. The average molecular weight is 285 g/mol. The Labute approximate surface area is 116 Å². The van der Waals surface area contributed by atoms with Crippen molar-refractivity contribution in [2.75, 3.05) is 20.3 Å². The van der Waals surface area contributed by atoms with Gasteiger partial charge in [0.05, 0.1) is 25.4 Å². The third kappa shape index (κ3) is 5.51. The Morgan fingerprint density at radius 2 is 2.00 bits per heavy atom. The molecule has 112 valence electrons. The van der Waals surface area contributed by atoms with E-state index >= 15 is 0 Å². The van der Waals surface area contributed by atoms with Gasteiger partial charge in [-0.15, -0.1) is 0 Å². The zero-order valence-corrected chi connectivity index (χ0v) is 11.2. The minimum atomic E-state index is -1.86. The minimum absolute atomic E-state index is 0.0966. The van der Waals surface area contributed by atoms with Crippen LogP contribution >= 0.6 is 0 Å². The molecule has 8 heteroatoms. The van der Waals surface area contributed by atoms with Crippen molar-refractivity contribution in [3.8, 4) is 5.75 Å². The van der Waals surface area contributed by atoms with Crippen LogP contribution in [0.3, 0.4) is 0 Å². The van der Waals surface area contributed by atoms with Gasteiger partial charge in [0.15, 0.2) is 0 Å². The Balaban J connectivity index is 2.88. The lowest BCUT2D eigenvalue weighted by molar-refractivity contribution is 0.0544. The van der Waals surface area contributed by atoms with Crippen molar-refractivity contribution >= 4 is 5.97 Å². The molecule has 1 aromatic rings. The van der Waals surface area contributed by atoms with Crippen molar-refractivity contribution in [2.45, 2.75) is 12.6 Å². The van der Waals surface area contributed by atoms with E-state index in [2.05, 4.69) is 0 Å². The van der Waals surface area contributed by atoms with Gasteiger partial charge in [-0.05, 0) is 18.2 Å². The topological polar surface area (TPSA) is 143 Å². The maximum absolute atomic E-state index is 11.0. The highest BCUT2D eigenvalue weighted by molar-refractivity contribution is 5.88. The fourth-order valence-corrected chi connectivity index (χ4v) is 1.44. The molecule has 0 heterocycles. The second-order valence-electron chi connectivity index (χ2n) is 4.13. The van der Waals surface area contributed by atoms with Crippen LogP contribution in [0.2, 0.25) is 0 Å². The molecule has 0 aliphatic carbocycles. The average Bonchev–Trinajstić information content (AvgIpc) is 2.34. The first kappa shape index (κ1) is 16.3. The number of carboxylic acids is 1. The minimum Gasteiger partial charge on any atom is -0.478 e. The molecule has 0 bridgehead atoms. The Morgan fingerprint density at radius 1 is 1.30 bits per heavy atom. The molecule has 0 aromatic heterocycles. The standard InChI is InChI=1S/C12H19N3O5/c1-18-4-5-19-7-9-6-8(11(16)17)2-3-10(9)20-12(13,14)15/h2-3,6H,4-5,7,13-15H2,1H3,(H,16,17). The van der Waals surface area contributed by atoms with Crippen LogP contribution in [0.4, 0.5) is 0 Å². The van der Waals surface area contributed by atoms with Crippen molar-refractivity contribution < 1.29 is 24.1 Å². The number of nitrogens with two attached hydrogens (primary N) is 3. The SMILES string of the molecule is COCCOCc1cc(C(=O)O)ccc1OC(N)(N)N. The largest absolute Gasteiger partial charge is 0.478 e. The highest BCUT2D eigenvalue weighted by Crippen LogP contribution is 2.22. The van der Waals surface area contributed by atoms with E-state index < -0.39 is 11.9 Å². The van der Waals surface area contributed by atoms with Crippen LogP contribution in [-0.2, 0) is 16.1 Å². The summed E-state index contributed by atoms with van der Waals surface area (Å²) in [7, 11) is 1.55. The summed E-state index contributed by atoms with van der Waals surface area (Å²) in [6.07, 6.45) is 0. The summed E-state index contributed by atoms with van der Waals surface area (Å²) >= 11 is 0. The van der Waals surface area contributed by atoms with E-state index in [0.717, 1.165) is 0 Å². The van der Waals surface area contributed by atoms with Crippen LogP contribution in [-0.4, -0.2) is 37.4 Å². The van der Waals surface area contributed by atoms with Crippen LogP contribution in [0.5, 0.6) is 5.75 Å². The van der Waals surface area contributed by atoms with E-state index in [9.17, 15) is 4.79 Å². The van der Waals surface area contributed by atoms with Crippen molar-refractivity contribution in [1.29, 1.82) is 0 Å². The molecule has 0 atom stereocenters. The molecule has 0 radical (unpaired) electrons. The number of ether oxygens (including phenoxy) is 3. The van der Waals surface area contributed by atoms with Crippen molar-refractivity contribution in [2.24, 2.45) is 17.2 Å². The van der Waals surface area contributed by atoms with Crippen molar-refractivity contribution in [3.63, 3.8) is 0 Å². The molecule has 8 nitrogen and oxygen atoms in total. The molecule has 0 spiro atoms. The van der Waals surface area contributed by atoms with Gasteiger partial charge in [-0.25, -0.2) is 4.79 Å². The quantitative estimate of drug-likeness (QED) is 0.366. The van der Waals surface area contributed by atoms with Crippen molar-refractivity contribution in [3.05, 3.63) is 29.3 Å². The Kier molecular flexibility index (Phi) is 5.86. The van der Waals surface area contributed by atoms with Gasteiger partial charge in [-0.2, -0.15) is 0 Å². The Hall–Kier alpha value is -1.71. The third-order valence-corrected chi connectivity index (χ3v) is 2.28. The number of aromatic carboxylic acids is 1. The van der Waals surface area contributed by atoms with Crippen LogP contribution in [0.25, 0.3) is 0 Å². The first-order valence-electron chi connectivity index (χ1n) is 5.82. The second kappa shape index (κ2) is 7.17. The van der Waals surface area contributed by atoms with Crippen LogP contribution in [0.15, 0.2) is 18.2 Å². The van der Waals surface area contributed by atoms with E-state index in [-0.39, 0.29) is 17.9 Å². The summed E-state index contributed by atoms with van der Waals surface area (Å²) in [6.45, 7) is 0.894. The summed E-state index contributed by atoms with van der Waals surface area (Å²) in [4.78, 5) is 11.0. The Bertz CT molecular complexity index is 459. The monoisotopic (exact) mass is 285 g/mol. The maximum Gasteiger partial charge on any atom is 0.335 e. The van der Waals surface area contributed by atoms with E-state index in [1.165, 1.54) is 18.2 Å². The number of methoxy groups -OCH3 is 1. The zero-order valence-electron chi connectivity index (χ0n) is 11.2. The van der Waals surface area contributed by atoms with Gasteiger partial charge in [0.25, 0.3) is 5.97 Å². The van der Waals surface area contributed by atoms with E-state index in [4.69, 9.17) is 36.5 Å². The predicted octanol–water partition coefficient (Wildman–Crippen LogP) is -0.586. The predicted molar refractivity (Wildman–Crippen MR) is 70.9 cm³/mol. The lowest BCUT2D eigenvalue weighted by atomic mass is 10.1. The van der Waals surface area contributed by atoms with Crippen molar-refractivity contribution in [1.82, 2.24) is 0 Å². The fourth-order valence-electron chi connectivity index (χ4n) is 1.44. The second-order valence-corrected chi connectivity index (χ2v) is 4.13. The van der Waals surface area contributed by atoms with Crippen LogP contribution < -0.4 is 21.9 Å². The summed E-state index contributed by atoms with van der Waals surface area (Å²) in [5.41, 5.74) is 16.7. The Morgan fingerprint density at radius 3 is 2.55 bits per heavy atom. The van der Waals surface area contributed by atoms with Gasteiger partial charge in [0.1, 0.15) is 5.75 Å². The molecule has 0 saturated carbocycles. The molecule has 1 rings (SSSR count). The van der Waals surface area contributed by atoms with Gasteiger partial charge in [0.2, 0.25) is 0 Å². The zero-order chi connectivity index (χ0) is 15.2. The van der Waals surface area contributed by atoms with Gasteiger partial charge < -0.3 is 19.3 Å². The first-order chi connectivity index (χ1) is 9.33. The molecule has 7 N–H and O–H groups in total. The van der Waals surface area contributed by atoms with Crippen LogP contribution in [0, 0.1) is 0 Å². The van der Waals surface area contributed by atoms with Gasteiger partial charge in [-0.3, -0.25) is 17.2 Å². The molecule has 0 amide bonds. The molecular formula is C12H19N3O5. The number of benzene rings is 1. The lowest BCUT2D eigenvalue weighted by Gasteiger charge is -2.22. The molecule has 1 aromatic carbocycles. The maximum atomic E-state index is 11.0. The first-order valence-corrected chi connectivity index (χ1v) is 5.82. The van der Waals surface area contributed by atoms with Gasteiger partial charge >= 0.3 is 5.97 Å². The molecular weight excluding hydrogens is 266 g/mol. The molecule has 0 unspecified atom stereocenters. The lowest BCUT2D eigenvalue weighted by Crippen LogP contribution is -2.62. The van der Waals surface area contributed by atoms with E-state index in [1.54, 1.807) is 7.11 Å². The molecule has 0 saturated heterocycles. The molecule has 0 aliphatic heterocycles. The number of carbonyl (C=O) groups is 1. The number of hydrogen-bond acceptors (Lipinski definition) is 7. The smallest absolute Gasteiger partial charge is 0.335 e. The molecule has 20 heavy (non-hydrogen) atoms. The highest BCUT2D eigenvalue weighted by atomic mass is 16.5. The summed E-state index contributed by atoms with van der Waals surface area (Å²) in [5.74, 6) is -2.65. The number of rotatable bonds is 8. The van der Waals surface area contributed by atoms with Gasteiger partial charge in [-0.1, -0.05) is 0 Å². The third-order valence-electron chi connectivity index (χ3n) is 2.28. The van der Waals surface area contributed by atoms with E-state index in [0.29, 0.717) is 18.8 Å². The van der Waals surface area contributed by atoms with Crippen LogP contribution in [0.1, 0.15) is 15.9 Å². The fraction of sp³-hybridized carbons (Fsp3) is 0.417. The molecule has 0 aliphatic rings. The number of carboxylic acid groups (broad SMARTS) is 1. The number of hydrogen-bond donors (Lipinski definition) is 4. The summed E-state index contributed by atoms with van der Waals surface area (Å²) in [5, 5.41) is 8.97.